The first-order valence-corrected chi connectivity index (χ1v) is 11.0. The zero-order chi connectivity index (χ0) is 19.8. The number of nitrogens with zero attached hydrogens (tertiary/aromatic N) is 3. The lowest BCUT2D eigenvalue weighted by Gasteiger charge is -2.30. The van der Waals surface area contributed by atoms with E-state index in [9.17, 15) is 0 Å². The van der Waals surface area contributed by atoms with Gasteiger partial charge < -0.3 is 19.9 Å². The van der Waals surface area contributed by atoms with Crippen LogP contribution in [0.15, 0.2) is 29.3 Å². The minimum absolute atomic E-state index is 0. The van der Waals surface area contributed by atoms with E-state index >= 15 is 0 Å². The standard InChI is InChI=1S/C23H38N4O.HI/c1-19-10-15-26(16-11-19)14-5-4-13-25-23(24-2)27-17-12-21(18-27)20-6-8-22(28-3)9-7-20;/h6-9,19,21H,4-5,10-18H2,1-3H3,(H,24,25);1H. The number of hydrogen-bond acceptors (Lipinski definition) is 3. The van der Waals surface area contributed by atoms with E-state index in [1.165, 1.54) is 57.3 Å². The van der Waals surface area contributed by atoms with Crippen LogP contribution in [0.1, 0.15) is 50.5 Å². The zero-order valence-corrected chi connectivity index (χ0v) is 20.7. The molecule has 0 spiro atoms. The molecule has 5 nitrogen and oxygen atoms in total. The van der Waals surface area contributed by atoms with Crippen molar-refractivity contribution in [3.8, 4) is 5.75 Å². The quantitative estimate of drug-likeness (QED) is 0.257. The van der Waals surface area contributed by atoms with Gasteiger partial charge in [0.05, 0.1) is 7.11 Å². The molecule has 1 N–H and O–H groups in total. The molecule has 0 bridgehead atoms. The van der Waals surface area contributed by atoms with Crippen molar-refractivity contribution in [2.24, 2.45) is 10.9 Å². The van der Waals surface area contributed by atoms with E-state index in [0.29, 0.717) is 5.92 Å². The lowest BCUT2D eigenvalue weighted by atomic mass is 9.98. The Morgan fingerprint density at radius 1 is 1.10 bits per heavy atom. The smallest absolute Gasteiger partial charge is 0.193 e. The first-order chi connectivity index (χ1) is 13.7. The fraction of sp³-hybridized carbons (Fsp3) is 0.696. The Kier molecular flexibility index (Phi) is 10.6. The molecule has 164 valence electrons. The summed E-state index contributed by atoms with van der Waals surface area (Å²) in [5.74, 6) is 3.48. The number of halogens is 1. The van der Waals surface area contributed by atoms with Gasteiger partial charge in [-0.1, -0.05) is 19.1 Å². The van der Waals surface area contributed by atoms with Gasteiger partial charge in [-0.2, -0.15) is 0 Å². The van der Waals surface area contributed by atoms with Crippen molar-refractivity contribution in [1.82, 2.24) is 15.1 Å². The molecule has 0 aliphatic carbocycles. The third kappa shape index (κ3) is 7.31. The molecule has 0 aromatic heterocycles. The number of benzene rings is 1. The van der Waals surface area contributed by atoms with E-state index in [2.05, 4.69) is 51.3 Å². The minimum Gasteiger partial charge on any atom is -0.497 e. The molecule has 1 unspecified atom stereocenters. The van der Waals surface area contributed by atoms with Crippen LogP contribution in [0.3, 0.4) is 0 Å². The van der Waals surface area contributed by atoms with Gasteiger partial charge in [0.25, 0.3) is 0 Å². The van der Waals surface area contributed by atoms with Crippen LogP contribution in [0, 0.1) is 5.92 Å². The van der Waals surface area contributed by atoms with Gasteiger partial charge >= 0.3 is 0 Å². The summed E-state index contributed by atoms with van der Waals surface area (Å²) in [6.07, 6.45) is 6.40. The second-order valence-corrected chi connectivity index (χ2v) is 8.41. The summed E-state index contributed by atoms with van der Waals surface area (Å²) < 4.78 is 5.27. The number of methoxy groups -OCH3 is 1. The molecule has 2 saturated heterocycles. The van der Waals surface area contributed by atoms with Gasteiger partial charge in [-0.05, 0) is 75.4 Å². The highest BCUT2D eigenvalue weighted by Gasteiger charge is 2.26. The Balaban J connectivity index is 0.00000300. The molecular formula is C23H39IN4O. The van der Waals surface area contributed by atoms with Gasteiger partial charge in [0.15, 0.2) is 5.96 Å². The predicted molar refractivity (Wildman–Crippen MR) is 133 cm³/mol. The number of nitrogens with one attached hydrogen (secondary N) is 1. The fourth-order valence-corrected chi connectivity index (χ4v) is 4.38. The molecule has 1 aromatic rings. The van der Waals surface area contributed by atoms with E-state index in [4.69, 9.17) is 4.74 Å². The van der Waals surface area contributed by atoms with Crippen molar-refractivity contribution in [1.29, 1.82) is 0 Å². The Bertz CT molecular complexity index is 614. The second-order valence-electron chi connectivity index (χ2n) is 8.41. The van der Waals surface area contributed by atoms with Crippen molar-refractivity contribution < 1.29 is 4.74 Å². The van der Waals surface area contributed by atoms with E-state index in [-0.39, 0.29) is 24.0 Å². The second kappa shape index (κ2) is 12.6. The van der Waals surface area contributed by atoms with Crippen molar-refractivity contribution >= 4 is 29.9 Å². The molecule has 0 radical (unpaired) electrons. The van der Waals surface area contributed by atoms with Crippen LogP contribution in [-0.2, 0) is 0 Å². The molecular weight excluding hydrogens is 475 g/mol. The molecule has 2 aliphatic heterocycles. The number of ether oxygens (including phenoxy) is 1. The number of piperidine rings is 1. The zero-order valence-electron chi connectivity index (χ0n) is 18.4. The Labute approximate surface area is 194 Å². The molecule has 29 heavy (non-hydrogen) atoms. The highest BCUT2D eigenvalue weighted by atomic mass is 127. The van der Waals surface area contributed by atoms with Crippen LogP contribution in [0.5, 0.6) is 5.75 Å². The summed E-state index contributed by atoms with van der Waals surface area (Å²) in [6, 6.07) is 8.52. The first-order valence-electron chi connectivity index (χ1n) is 11.0. The highest BCUT2D eigenvalue weighted by molar-refractivity contribution is 14.0. The SMILES string of the molecule is CN=C(NCCCCN1CCC(C)CC1)N1CCC(c2ccc(OC)cc2)C1.I. The van der Waals surface area contributed by atoms with Gasteiger partial charge in [-0.25, -0.2) is 0 Å². The topological polar surface area (TPSA) is 40.1 Å². The lowest BCUT2D eigenvalue weighted by molar-refractivity contribution is 0.189. The minimum atomic E-state index is 0. The van der Waals surface area contributed by atoms with E-state index in [1.54, 1.807) is 7.11 Å². The summed E-state index contributed by atoms with van der Waals surface area (Å²) >= 11 is 0. The maximum Gasteiger partial charge on any atom is 0.193 e. The normalized spacial score (nSPS) is 21.1. The van der Waals surface area contributed by atoms with Crippen LogP contribution in [-0.4, -0.2) is 69.2 Å². The van der Waals surface area contributed by atoms with Crippen LogP contribution in [0.2, 0.25) is 0 Å². The van der Waals surface area contributed by atoms with Gasteiger partial charge in [0.1, 0.15) is 5.75 Å². The number of hydrogen-bond donors (Lipinski definition) is 1. The Morgan fingerprint density at radius 2 is 1.83 bits per heavy atom. The molecule has 6 heteroatoms. The Hall–Kier alpha value is -1.02. The van der Waals surface area contributed by atoms with Crippen molar-refractivity contribution in [3.63, 3.8) is 0 Å². The molecule has 2 heterocycles. The van der Waals surface area contributed by atoms with E-state index in [0.717, 1.165) is 37.3 Å². The lowest BCUT2D eigenvalue weighted by Crippen LogP contribution is -2.40. The number of guanidine groups is 1. The molecule has 0 amide bonds. The fourth-order valence-electron chi connectivity index (χ4n) is 4.38. The Morgan fingerprint density at radius 3 is 2.48 bits per heavy atom. The van der Waals surface area contributed by atoms with Crippen LogP contribution >= 0.6 is 24.0 Å². The van der Waals surface area contributed by atoms with Gasteiger partial charge in [0, 0.05) is 32.6 Å². The summed E-state index contributed by atoms with van der Waals surface area (Å²) in [5, 5.41) is 3.58. The van der Waals surface area contributed by atoms with Gasteiger partial charge in [0.2, 0.25) is 0 Å². The molecule has 1 aromatic carbocycles. The summed E-state index contributed by atoms with van der Waals surface area (Å²) in [6.45, 7) is 9.33. The maximum absolute atomic E-state index is 5.27. The predicted octanol–water partition coefficient (Wildman–Crippen LogP) is 4.19. The van der Waals surface area contributed by atoms with E-state index in [1.807, 2.05) is 7.05 Å². The number of aliphatic imine (C=N–C) groups is 1. The monoisotopic (exact) mass is 514 g/mol. The molecule has 1 atom stereocenters. The van der Waals surface area contributed by atoms with Crippen molar-refractivity contribution in [2.45, 2.75) is 44.9 Å². The third-order valence-electron chi connectivity index (χ3n) is 6.35. The summed E-state index contributed by atoms with van der Waals surface area (Å²) in [5.41, 5.74) is 1.40. The van der Waals surface area contributed by atoms with Crippen LogP contribution < -0.4 is 10.1 Å². The van der Waals surface area contributed by atoms with Gasteiger partial charge in [-0.15, -0.1) is 24.0 Å². The number of likely N-dealkylation sites (tertiary alicyclic amines) is 2. The molecule has 0 saturated carbocycles. The van der Waals surface area contributed by atoms with Crippen LogP contribution in [0.4, 0.5) is 0 Å². The largest absolute Gasteiger partial charge is 0.497 e. The number of unbranched alkanes of at least 4 members (excludes halogenated alkanes) is 1. The molecule has 2 fully saturated rings. The summed E-state index contributed by atoms with van der Waals surface area (Å²) in [7, 11) is 3.62. The van der Waals surface area contributed by atoms with Crippen molar-refractivity contribution in [3.05, 3.63) is 29.8 Å². The van der Waals surface area contributed by atoms with E-state index < -0.39 is 0 Å². The summed E-state index contributed by atoms with van der Waals surface area (Å²) in [4.78, 5) is 9.56. The van der Waals surface area contributed by atoms with Gasteiger partial charge in [-0.3, -0.25) is 4.99 Å². The molecule has 3 rings (SSSR count). The first kappa shape index (κ1) is 24.3. The average Bonchev–Trinajstić information content (AvgIpc) is 3.22. The van der Waals surface area contributed by atoms with Crippen molar-refractivity contribution in [2.75, 3.05) is 53.4 Å². The third-order valence-corrected chi connectivity index (χ3v) is 6.35. The highest BCUT2D eigenvalue weighted by Crippen LogP contribution is 2.28. The average molecular weight is 514 g/mol. The number of rotatable bonds is 7. The van der Waals surface area contributed by atoms with Crippen LogP contribution in [0.25, 0.3) is 0 Å². The molecule has 2 aliphatic rings. The maximum atomic E-state index is 5.27.